The standard InChI is InChI=1S/C15H15ClN2O2/c1-15(2)9-10-5-3-6-11(14(10)20-15)17-13-8-4-7-12(16)18(13)19/h3-8,19H,9H2,1-2H3. The fraction of sp³-hybridized carbons (Fsp3) is 0.267. The van der Waals surface area contributed by atoms with E-state index >= 15 is 0 Å². The van der Waals surface area contributed by atoms with Gasteiger partial charge in [-0.25, -0.2) is 4.99 Å². The second kappa shape index (κ2) is 4.56. The quantitative estimate of drug-likeness (QED) is 0.647. The van der Waals surface area contributed by atoms with E-state index in [0.29, 0.717) is 11.2 Å². The molecular weight excluding hydrogens is 276 g/mol. The van der Waals surface area contributed by atoms with Crippen LogP contribution in [0.4, 0.5) is 5.69 Å². The first-order chi connectivity index (χ1) is 9.46. The van der Waals surface area contributed by atoms with Crippen molar-refractivity contribution in [3.05, 3.63) is 52.6 Å². The van der Waals surface area contributed by atoms with E-state index in [1.54, 1.807) is 18.2 Å². The van der Waals surface area contributed by atoms with Gasteiger partial charge < -0.3 is 9.94 Å². The Kier molecular flexibility index (Phi) is 2.98. The summed E-state index contributed by atoms with van der Waals surface area (Å²) in [5.74, 6) is 0.775. The van der Waals surface area contributed by atoms with Crippen LogP contribution >= 0.6 is 11.6 Å². The first kappa shape index (κ1) is 13.1. The molecule has 0 spiro atoms. The van der Waals surface area contributed by atoms with Crippen molar-refractivity contribution >= 4 is 17.3 Å². The van der Waals surface area contributed by atoms with Crippen molar-refractivity contribution in [2.24, 2.45) is 4.99 Å². The number of benzene rings is 1. The maximum atomic E-state index is 9.86. The van der Waals surface area contributed by atoms with Crippen LogP contribution < -0.4 is 10.2 Å². The van der Waals surface area contributed by atoms with E-state index in [0.717, 1.165) is 22.5 Å². The molecule has 20 heavy (non-hydrogen) atoms. The molecule has 2 aromatic rings. The minimum Gasteiger partial charge on any atom is -0.485 e. The van der Waals surface area contributed by atoms with Gasteiger partial charge in [-0.15, -0.1) is 0 Å². The van der Waals surface area contributed by atoms with Crippen LogP contribution in [0.25, 0.3) is 0 Å². The molecule has 0 saturated heterocycles. The zero-order valence-corrected chi connectivity index (χ0v) is 12.1. The zero-order chi connectivity index (χ0) is 14.3. The molecule has 0 saturated carbocycles. The van der Waals surface area contributed by atoms with Crippen LogP contribution in [0.1, 0.15) is 19.4 Å². The lowest BCUT2D eigenvalue weighted by Crippen LogP contribution is -2.24. The molecule has 3 rings (SSSR count). The highest BCUT2D eigenvalue weighted by Crippen LogP contribution is 2.41. The van der Waals surface area contributed by atoms with Crippen LogP contribution in [0.15, 0.2) is 41.4 Å². The van der Waals surface area contributed by atoms with Gasteiger partial charge in [-0.2, -0.15) is 4.73 Å². The Hall–Kier alpha value is -1.94. The molecule has 104 valence electrons. The summed E-state index contributed by atoms with van der Waals surface area (Å²) in [6, 6.07) is 10.9. The van der Waals surface area contributed by atoms with Crippen molar-refractivity contribution in [2.75, 3.05) is 0 Å². The van der Waals surface area contributed by atoms with Gasteiger partial charge in [-0.3, -0.25) is 0 Å². The van der Waals surface area contributed by atoms with Gasteiger partial charge in [0, 0.05) is 12.0 Å². The topological polar surface area (TPSA) is 46.8 Å². The molecule has 0 aliphatic carbocycles. The van der Waals surface area contributed by atoms with Gasteiger partial charge in [0.1, 0.15) is 22.2 Å². The smallest absolute Gasteiger partial charge is 0.170 e. The molecule has 0 atom stereocenters. The summed E-state index contributed by atoms with van der Waals surface area (Å²) in [5.41, 5.74) is 1.96. The summed E-state index contributed by atoms with van der Waals surface area (Å²) >= 11 is 5.86. The van der Waals surface area contributed by atoms with Crippen LogP contribution in [0.5, 0.6) is 5.75 Å². The zero-order valence-electron chi connectivity index (χ0n) is 11.3. The van der Waals surface area contributed by atoms with Gasteiger partial charge in [0.2, 0.25) is 0 Å². The predicted octanol–water partition coefficient (Wildman–Crippen LogP) is 3.32. The highest BCUT2D eigenvalue weighted by molar-refractivity contribution is 6.29. The Morgan fingerprint density at radius 3 is 2.80 bits per heavy atom. The Morgan fingerprint density at radius 1 is 1.25 bits per heavy atom. The molecule has 1 aliphatic rings. The largest absolute Gasteiger partial charge is 0.485 e. The van der Waals surface area contributed by atoms with Crippen molar-refractivity contribution in [1.29, 1.82) is 0 Å². The van der Waals surface area contributed by atoms with E-state index in [2.05, 4.69) is 4.99 Å². The van der Waals surface area contributed by atoms with E-state index in [4.69, 9.17) is 16.3 Å². The highest BCUT2D eigenvalue weighted by atomic mass is 35.5. The Bertz CT molecular complexity index is 735. The summed E-state index contributed by atoms with van der Waals surface area (Å²) in [6.07, 6.45) is 0.848. The van der Waals surface area contributed by atoms with Crippen LogP contribution in [0.3, 0.4) is 0 Å². The maximum absolute atomic E-state index is 9.86. The van der Waals surface area contributed by atoms with Gasteiger partial charge in [0.25, 0.3) is 0 Å². The number of fused-ring (bicyclic) bond motifs is 1. The predicted molar refractivity (Wildman–Crippen MR) is 76.7 cm³/mol. The van der Waals surface area contributed by atoms with Crippen molar-refractivity contribution in [1.82, 2.24) is 4.73 Å². The van der Waals surface area contributed by atoms with E-state index in [9.17, 15) is 5.21 Å². The maximum Gasteiger partial charge on any atom is 0.170 e. The van der Waals surface area contributed by atoms with E-state index in [-0.39, 0.29) is 10.8 Å². The molecule has 0 unspecified atom stereocenters. The third kappa shape index (κ3) is 2.27. The van der Waals surface area contributed by atoms with Crippen molar-refractivity contribution in [3.8, 4) is 5.75 Å². The summed E-state index contributed by atoms with van der Waals surface area (Å²) in [5, 5.41) is 10.1. The monoisotopic (exact) mass is 290 g/mol. The minimum atomic E-state index is -0.225. The van der Waals surface area contributed by atoms with Crippen LogP contribution in [0, 0.1) is 0 Å². The lowest BCUT2D eigenvalue weighted by Gasteiger charge is -2.17. The van der Waals surface area contributed by atoms with Crippen molar-refractivity contribution in [2.45, 2.75) is 25.9 Å². The average molecular weight is 291 g/mol. The third-order valence-electron chi connectivity index (χ3n) is 3.20. The summed E-state index contributed by atoms with van der Waals surface area (Å²) in [4.78, 5) is 4.44. The fourth-order valence-electron chi connectivity index (χ4n) is 2.36. The summed E-state index contributed by atoms with van der Waals surface area (Å²) in [6.45, 7) is 4.09. The van der Waals surface area contributed by atoms with Crippen molar-refractivity contribution < 1.29 is 9.94 Å². The summed E-state index contributed by atoms with van der Waals surface area (Å²) in [7, 11) is 0. The molecule has 0 fully saturated rings. The van der Waals surface area contributed by atoms with Gasteiger partial charge in [0.05, 0.1) is 0 Å². The number of pyridine rings is 1. The Balaban J connectivity index is 2.15. The fourth-order valence-corrected chi connectivity index (χ4v) is 2.52. The molecule has 4 nitrogen and oxygen atoms in total. The SMILES string of the molecule is CC1(C)Cc2cccc(N=c3cccc(Cl)n3O)c2O1. The van der Waals surface area contributed by atoms with Crippen molar-refractivity contribution in [3.63, 3.8) is 0 Å². The molecule has 2 heterocycles. The number of ether oxygens (including phenoxy) is 1. The average Bonchev–Trinajstić information content (AvgIpc) is 2.70. The molecule has 0 bridgehead atoms. The lowest BCUT2D eigenvalue weighted by molar-refractivity contribution is 0.139. The lowest BCUT2D eigenvalue weighted by atomic mass is 10.0. The normalized spacial score (nSPS) is 16.9. The third-order valence-corrected chi connectivity index (χ3v) is 3.49. The first-order valence-electron chi connectivity index (χ1n) is 6.39. The molecule has 1 aromatic heterocycles. The number of nitrogens with zero attached hydrogens (tertiary/aromatic N) is 2. The number of para-hydroxylation sites is 1. The van der Waals surface area contributed by atoms with Crippen LogP contribution in [0.2, 0.25) is 5.15 Å². The molecule has 0 amide bonds. The van der Waals surface area contributed by atoms with Gasteiger partial charge >= 0.3 is 0 Å². The molecule has 0 radical (unpaired) electrons. The number of rotatable bonds is 1. The Labute approximate surface area is 121 Å². The minimum absolute atomic E-state index is 0.208. The number of hydrogen-bond donors (Lipinski definition) is 1. The summed E-state index contributed by atoms with van der Waals surface area (Å²) < 4.78 is 6.80. The van der Waals surface area contributed by atoms with Gasteiger partial charge in [0.15, 0.2) is 5.49 Å². The van der Waals surface area contributed by atoms with E-state index in [1.165, 1.54) is 0 Å². The van der Waals surface area contributed by atoms with E-state index < -0.39 is 0 Å². The molecule has 1 aromatic carbocycles. The van der Waals surface area contributed by atoms with Gasteiger partial charge in [-0.1, -0.05) is 29.8 Å². The van der Waals surface area contributed by atoms with Crippen LogP contribution in [-0.2, 0) is 6.42 Å². The molecular formula is C15H15ClN2O2. The van der Waals surface area contributed by atoms with Crippen LogP contribution in [-0.4, -0.2) is 15.5 Å². The van der Waals surface area contributed by atoms with E-state index in [1.807, 2.05) is 32.0 Å². The molecule has 5 heteroatoms. The highest BCUT2D eigenvalue weighted by Gasteiger charge is 2.31. The second-order valence-electron chi connectivity index (χ2n) is 5.43. The number of aromatic nitrogens is 1. The Morgan fingerprint density at radius 2 is 2.00 bits per heavy atom. The first-order valence-corrected chi connectivity index (χ1v) is 6.76. The second-order valence-corrected chi connectivity index (χ2v) is 5.82. The number of halogens is 1. The van der Waals surface area contributed by atoms with Gasteiger partial charge in [-0.05, 0) is 32.0 Å². The molecule has 1 N–H and O–H groups in total. The molecule has 1 aliphatic heterocycles. The number of hydrogen-bond acceptors (Lipinski definition) is 3.